The van der Waals surface area contributed by atoms with Gasteiger partial charge in [0.15, 0.2) is 0 Å². The summed E-state index contributed by atoms with van der Waals surface area (Å²) < 4.78 is 15.8. The minimum atomic E-state index is -0.382. The van der Waals surface area contributed by atoms with Crippen LogP contribution in [0.4, 0.5) is 0 Å². The van der Waals surface area contributed by atoms with E-state index in [-0.39, 0.29) is 36.0 Å². The highest BCUT2D eigenvalue weighted by Crippen LogP contribution is 2.49. The van der Waals surface area contributed by atoms with Crippen molar-refractivity contribution in [3.63, 3.8) is 0 Å². The molecule has 0 N–H and O–H groups in total. The first-order valence-corrected chi connectivity index (χ1v) is 9.54. The van der Waals surface area contributed by atoms with Gasteiger partial charge in [0.05, 0.1) is 23.9 Å². The second kappa shape index (κ2) is 10.6. The Hall–Kier alpha value is -1.36. The Morgan fingerprint density at radius 1 is 0.960 bits per heavy atom. The number of methoxy groups -OCH3 is 1. The first kappa shape index (κ1) is 21.7. The lowest BCUT2D eigenvalue weighted by molar-refractivity contribution is -0.148. The Kier molecular flexibility index (Phi) is 9.19. The molecule has 0 amide bonds. The van der Waals surface area contributed by atoms with E-state index in [1.165, 1.54) is 6.42 Å². The van der Waals surface area contributed by atoms with Crippen LogP contribution in [0.3, 0.4) is 0 Å². The van der Waals surface area contributed by atoms with Gasteiger partial charge in [0.25, 0.3) is 0 Å². The Morgan fingerprint density at radius 3 is 1.80 bits per heavy atom. The number of carbonyl (C=O) groups is 2. The van der Waals surface area contributed by atoms with Crippen LogP contribution < -0.4 is 0 Å². The van der Waals surface area contributed by atoms with Crippen molar-refractivity contribution in [3.8, 4) is 0 Å². The third-order valence-electron chi connectivity index (χ3n) is 4.57. The lowest BCUT2D eigenvalue weighted by Gasteiger charge is -2.21. The van der Waals surface area contributed by atoms with Crippen LogP contribution in [-0.2, 0) is 23.8 Å². The highest BCUT2D eigenvalue weighted by Gasteiger charge is 2.46. The van der Waals surface area contributed by atoms with E-state index < -0.39 is 0 Å². The van der Waals surface area contributed by atoms with E-state index in [0.717, 1.165) is 25.7 Å². The minimum absolute atomic E-state index is 0.135. The van der Waals surface area contributed by atoms with Crippen LogP contribution >= 0.6 is 0 Å². The van der Waals surface area contributed by atoms with Crippen LogP contribution in [0.2, 0.25) is 0 Å². The van der Waals surface area contributed by atoms with Crippen molar-refractivity contribution in [2.45, 2.75) is 78.9 Å². The van der Waals surface area contributed by atoms with Crippen LogP contribution in [0.1, 0.15) is 66.7 Å². The van der Waals surface area contributed by atoms with Crippen molar-refractivity contribution in [3.05, 3.63) is 11.1 Å². The average molecular weight is 354 g/mol. The van der Waals surface area contributed by atoms with Gasteiger partial charge in [-0.25, -0.2) is 9.59 Å². The SMILES string of the molecule is CCC.CCC(C)OC(=O)C1=C(C(=O)OC(C)COC)C2CCC1C2. The van der Waals surface area contributed by atoms with E-state index in [1.807, 2.05) is 13.8 Å². The first-order chi connectivity index (χ1) is 11.9. The summed E-state index contributed by atoms with van der Waals surface area (Å²) in [7, 11) is 1.57. The van der Waals surface area contributed by atoms with Gasteiger partial charge in [0.2, 0.25) is 0 Å². The van der Waals surface area contributed by atoms with Crippen molar-refractivity contribution in [1.82, 2.24) is 0 Å². The molecule has 4 atom stereocenters. The molecule has 2 bridgehead atoms. The maximum atomic E-state index is 12.4. The molecule has 5 nitrogen and oxygen atoms in total. The predicted molar refractivity (Wildman–Crippen MR) is 97.1 cm³/mol. The normalized spacial score (nSPS) is 23.6. The van der Waals surface area contributed by atoms with Gasteiger partial charge in [-0.1, -0.05) is 27.2 Å². The van der Waals surface area contributed by atoms with Crippen molar-refractivity contribution >= 4 is 11.9 Å². The smallest absolute Gasteiger partial charge is 0.335 e. The standard InChI is InChI=1S/C17H26O5.C3H8/c1-5-10(2)21-16(18)14-12-6-7-13(8-12)15(14)17(19)22-11(3)9-20-4;1-3-2/h10-13H,5-9H2,1-4H3;3H2,1-2H3. The van der Waals surface area contributed by atoms with Gasteiger partial charge in [-0.3, -0.25) is 0 Å². The summed E-state index contributed by atoms with van der Waals surface area (Å²) in [6.45, 7) is 10.2. The second-order valence-corrected chi connectivity index (χ2v) is 7.04. The summed E-state index contributed by atoms with van der Waals surface area (Å²) in [5, 5.41) is 0. The summed E-state index contributed by atoms with van der Waals surface area (Å²) in [5.74, 6) is -0.422. The molecule has 0 heterocycles. The Balaban J connectivity index is 0.000000970. The summed E-state index contributed by atoms with van der Waals surface area (Å²) in [4.78, 5) is 24.9. The fourth-order valence-electron chi connectivity index (χ4n) is 3.34. The zero-order chi connectivity index (χ0) is 19.0. The summed E-state index contributed by atoms with van der Waals surface area (Å²) in [6, 6.07) is 0. The molecule has 2 aliphatic carbocycles. The quantitative estimate of drug-likeness (QED) is 0.646. The average Bonchev–Trinajstić information content (AvgIpc) is 3.16. The van der Waals surface area contributed by atoms with Crippen LogP contribution in [0.15, 0.2) is 11.1 Å². The maximum Gasteiger partial charge on any atom is 0.335 e. The van der Waals surface area contributed by atoms with Gasteiger partial charge in [0.1, 0.15) is 6.10 Å². The summed E-state index contributed by atoms with van der Waals surface area (Å²) in [5.41, 5.74) is 1.11. The van der Waals surface area contributed by atoms with Crippen molar-refractivity contribution in [2.24, 2.45) is 11.8 Å². The molecule has 0 radical (unpaired) electrons. The number of fused-ring (bicyclic) bond motifs is 2. The predicted octanol–water partition coefficient (Wildman–Crippen LogP) is 4.05. The zero-order valence-electron chi connectivity index (χ0n) is 16.6. The van der Waals surface area contributed by atoms with Gasteiger partial charge in [0, 0.05) is 7.11 Å². The van der Waals surface area contributed by atoms with Gasteiger partial charge in [-0.15, -0.1) is 0 Å². The van der Waals surface area contributed by atoms with E-state index in [9.17, 15) is 9.59 Å². The number of esters is 2. The molecule has 0 aromatic heterocycles. The highest BCUT2D eigenvalue weighted by atomic mass is 16.6. The van der Waals surface area contributed by atoms with Crippen molar-refractivity contribution < 1.29 is 23.8 Å². The van der Waals surface area contributed by atoms with Crippen LogP contribution in [0, 0.1) is 11.8 Å². The van der Waals surface area contributed by atoms with Crippen LogP contribution in [0.5, 0.6) is 0 Å². The van der Waals surface area contributed by atoms with Crippen molar-refractivity contribution in [2.75, 3.05) is 13.7 Å². The molecular formula is C20H34O5. The largest absolute Gasteiger partial charge is 0.459 e. The molecule has 25 heavy (non-hydrogen) atoms. The van der Waals surface area contributed by atoms with Gasteiger partial charge in [-0.05, 0) is 51.4 Å². The minimum Gasteiger partial charge on any atom is -0.459 e. The first-order valence-electron chi connectivity index (χ1n) is 9.54. The van der Waals surface area contributed by atoms with E-state index in [0.29, 0.717) is 17.8 Å². The van der Waals surface area contributed by atoms with E-state index in [4.69, 9.17) is 14.2 Å². The topological polar surface area (TPSA) is 61.8 Å². The fourth-order valence-corrected chi connectivity index (χ4v) is 3.34. The van der Waals surface area contributed by atoms with Crippen LogP contribution in [-0.4, -0.2) is 37.9 Å². The Bertz CT molecular complexity index is 482. The lowest BCUT2D eigenvalue weighted by Crippen LogP contribution is -2.26. The number of rotatable bonds is 7. The number of ether oxygens (including phenoxy) is 3. The molecule has 1 saturated carbocycles. The van der Waals surface area contributed by atoms with E-state index in [1.54, 1.807) is 14.0 Å². The summed E-state index contributed by atoms with van der Waals surface area (Å²) >= 11 is 0. The fraction of sp³-hybridized carbons (Fsp3) is 0.800. The van der Waals surface area contributed by atoms with E-state index in [2.05, 4.69) is 13.8 Å². The van der Waals surface area contributed by atoms with Gasteiger partial charge < -0.3 is 14.2 Å². The monoisotopic (exact) mass is 354 g/mol. The molecule has 2 aliphatic rings. The Labute approximate surface area is 152 Å². The third kappa shape index (κ3) is 5.84. The molecule has 0 aromatic carbocycles. The number of carbonyl (C=O) groups excluding carboxylic acids is 2. The third-order valence-corrected chi connectivity index (χ3v) is 4.57. The molecule has 0 spiro atoms. The van der Waals surface area contributed by atoms with Gasteiger partial charge in [-0.2, -0.15) is 0 Å². The molecular weight excluding hydrogens is 320 g/mol. The molecule has 0 aliphatic heterocycles. The maximum absolute atomic E-state index is 12.4. The Morgan fingerprint density at radius 2 is 1.40 bits per heavy atom. The number of hydrogen-bond acceptors (Lipinski definition) is 5. The zero-order valence-corrected chi connectivity index (χ0v) is 16.6. The summed E-state index contributed by atoms with van der Waals surface area (Å²) in [6.07, 6.45) is 4.33. The molecule has 2 rings (SSSR count). The lowest BCUT2D eigenvalue weighted by atomic mass is 9.91. The molecule has 0 saturated heterocycles. The number of hydrogen-bond donors (Lipinski definition) is 0. The molecule has 1 fully saturated rings. The van der Waals surface area contributed by atoms with Gasteiger partial charge >= 0.3 is 11.9 Å². The molecule has 4 unspecified atom stereocenters. The molecule has 0 aromatic rings. The highest BCUT2D eigenvalue weighted by molar-refractivity contribution is 6.02. The molecule has 5 heteroatoms. The van der Waals surface area contributed by atoms with Crippen molar-refractivity contribution in [1.29, 1.82) is 0 Å². The van der Waals surface area contributed by atoms with E-state index >= 15 is 0 Å². The second-order valence-electron chi connectivity index (χ2n) is 7.04. The van der Waals surface area contributed by atoms with Crippen LogP contribution in [0.25, 0.3) is 0 Å². The molecule has 144 valence electrons.